The molecule has 156 valence electrons. The molecule has 10 heteroatoms. The number of nitrogens with one attached hydrogen (secondary N) is 2. The average Bonchev–Trinajstić information content (AvgIpc) is 3.25. The number of nitrogens with zero attached hydrogens (tertiary/aromatic N) is 2. The van der Waals surface area contributed by atoms with E-state index in [0.29, 0.717) is 10.1 Å². The molecule has 8 nitrogen and oxygen atoms in total. The Kier molecular flexibility index (Phi) is 7.48. The lowest BCUT2D eigenvalue weighted by atomic mass is 10.2. The number of aromatic nitrogens is 2. The van der Waals surface area contributed by atoms with Gasteiger partial charge in [0.05, 0.1) is 0 Å². The summed E-state index contributed by atoms with van der Waals surface area (Å²) in [5, 5.41) is 14.7. The smallest absolute Gasteiger partial charge is 0.333 e. The van der Waals surface area contributed by atoms with Crippen LogP contribution in [0.15, 0.2) is 66.7 Å². The minimum Gasteiger partial charge on any atom is -0.333 e. The zero-order valence-corrected chi connectivity index (χ0v) is 18.1. The minimum atomic E-state index is -3.72. The maximum absolute atomic E-state index is 13.1. The van der Waals surface area contributed by atoms with Crippen molar-refractivity contribution in [2.75, 3.05) is 19.5 Å². The minimum absolute atomic E-state index is 0.293. The van der Waals surface area contributed by atoms with Crippen LogP contribution in [-0.2, 0) is 18.4 Å². The summed E-state index contributed by atoms with van der Waals surface area (Å²) >= 11 is 1.15. The van der Waals surface area contributed by atoms with E-state index in [1.54, 1.807) is 6.08 Å². The van der Waals surface area contributed by atoms with Gasteiger partial charge in [0.2, 0.25) is 11.0 Å². The van der Waals surface area contributed by atoms with Crippen molar-refractivity contribution < 1.29 is 18.4 Å². The largest absolute Gasteiger partial charge is 0.359 e. The number of benzene rings is 2. The van der Waals surface area contributed by atoms with Crippen molar-refractivity contribution in [2.45, 2.75) is 5.78 Å². The number of para-hydroxylation sites is 1. The summed E-state index contributed by atoms with van der Waals surface area (Å²) < 4.78 is 23.3. The SMILES string of the molecule is COP(=O)(OC)C(NC(=O)/C=C/c1ccccc1)c1nnc(Nc2ccccc2)s1. The Morgan fingerprint density at radius 1 is 1.03 bits per heavy atom. The molecule has 3 rings (SSSR count). The maximum Gasteiger partial charge on any atom is 0.359 e. The van der Waals surface area contributed by atoms with Crippen molar-refractivity contribution in [3.05, 3.63) is 77.3 Å². The first kappa shape index (κ1) is 21.9. The third kappa shape index (κ3) is 5.61. The first-order valence-corrected chi connectivity index (χ1v) is 11.4. The Labute approximate surface area is 178 Å². The van der Waals surface area contributed by atoms with Crippen LogP contribution in [0.1, 0.15) is 16.4 Å². The molecule has 3 aromatic rings. The fourth-order valence-electron chi connectivity index (χ4n) is 2.52. The summed E-state index contributed by atoms with van der Waals surface area (Å²) in [6.45, 7) is 0. The second-order valence-electron chi connectivity index (χ2n) is 6.00. The highest BCUT2D eigenvalue weighted by molar-refractivity contribution is 7.54. The van der Waals surface area contributed by atoms with Gasteiger partial charge in [-0.1, -0.05) is 59.9 Å². The predicted molar refractivity (Wildman–Crippen MR) is 118 cm³/mol. The molecule has 0 radical (unpaired) electrons. The third-order valence-electron chi connectivity index (χ3n) is 4.03. The average molecular weight is 444 g/mol. The van der Waals surface area contributed by atoms with Crippen molar-refractivity contribution in [3.63, 3.8) is 0 Å². The van der Waals surface area contributed by atoms with E-state index in [-0.39, 0.29) is 0 Å². The molecule has 2 aromatic carbocycles. The highest BCUT2D eigenvalue weighted by Gasteiger charge is 2.39. The molecule has 1 unspecified atom stereocenters. The van der Waals surface area contributed by atoms with Crippen LogP contribution in [0.3, 0.4) is 0 Å². The number of hydrogen-bond acceptors (Lipinski definition) is 8. The second-order valence-corrected chi connectivity index (χ2v) is 9.33. The van der Waals surface area contributed by atoms with Crippen LogP contribution in [0.25, 0.3) is 6.08 Å². The summed E-state index contributed by atoms with van der Waals surface area (Å²) in [6, 6.07) is 18.8. The van der Waals surface area contributed by atoms with Crippen LogP contribution >= 0.6 is 18.9 Å². The van der Waals surface area contributed by atoms with Gasteiger partial charge < -0.3 is 19.7 Å². The molecule has 1 heterocycles. The van der Waals surface area contributed by atoms with Crippen molar-refractivity contribution in [2.24, 2.45) is 0 Å². The van der Waals surface area contributed by atoms with E-state index in [9.17, 15) is 9.36 Å². The van der Waals surface area contributed by atoms with Crippen molar-refractivity contribution in [3.8, 4) is 0 Å². The highest BCUT2D eigenvalue weighted by Crippen LogP contribution is 2.59. The van der Waals surface area contributed by atoms with E-state index in [1.807, 2.05) is 60.7 Å². The van der Waals surface area contributed by atoms with Crippen molar-refractivity contribution >= 4 is 41.7 Å². The van der Waals surface area contributed by atoms with Crippen LogP contribution in [0.5, 0.6) is 0 Å². The quantitative estimate of drug-likeness (QED) is 0.367. The molecule has 0 bridgehead atoms. The van der Waals surface area contributed by atoms with E-state index in [0.717, 1.165) is 22.6 Å². The van der Waals surface area contributed by atoms with Gasteiger partial charge in [-0.3, -0.25) is 9.36 Å². The van der Waals surface area contributed by atoms with E-state index in [2.05, 4.69) is 20.8 Å². The zero-order valence-electron chi connectivity index (χ0n) is 16.4. The van der Waals surface area contributed by atoms with E-state index in [4.69, 9.17) is 9.05 Å². The molecule has 30 heavy (non-hydrogen) atoms. The Morgan fingerprint density at radius 2 is 1.67 bits per heavy atom. The summed E-state index contributed by atoms with van der Waals surface area (Å²) in [6.07, 6.45) is 3.00. The fourth-order valence-corrected chi connectivity index (χ4v) is 4.95. The lowest BCUT2D eigenvalue weighted by Crippen LogP contribution is -2.27. The van der Waals surface area contributed by atoms with Gasteiger partial charge in [0.1, 0.15) is 0 Å². The van der Waals surface area contributed by atoms with Crippen LogP contribution in [-0.4, -0.2) is 30.3 Å². The Bertz CT molecular complexity index is 1040. The number of carbonyl (C=O) groups is 1. The molecule has 0 fully saturated rings. The van der Waals surface area contributed by atoms with Gasteiger partial charge in [-0.05, 0) is 23.8 Å². The molecule has 0 saturated carbocycles. The number of amides is 1. The number of hydrogen-bond donors (Lipinski definition) is 2. The van der Waals surface area contributed by atoms with Crippen LogP contribution in [0, 0.1) is 0 Å². The Balaban J connectivity index is 1.80. The Hall–Kier alpha value is -2.84. The van der Waals surface area contributed by atoms with E-state index in [1.165, 1.54) is 20.3 Å². The maximum atomic E-state index is 13.1. The Morgan fingerprint density at radius 3 is 2.30 bits per heavy atom. The molecule has 0 aliphatic heterocycles. The molecule has 1 amide bonds. The summed E-state index contributed by atoms with van der Waals surface area (Å²) in [5.41, 5.74) is 1.68. The number of rotatable bonds is 9. The van der Waals surface area contributed by atoms with Gasteiger partial charge in [-0.15, -0.1) is 10.2 Å². The van der Waals surface area contributed by atoms with Crippen LogP contribution in [0.2, 0.25) is 0 Å². The van der Waals surface area contributed by atoms with E-state index >= 15 is 0 Å². The highest BCUT2D eigenvalue weighted by atomic mass is 32.1. The molecule has 1 atom stereocenters. The lowest BCUT2D eigenvalue weighted by Gasteiger charge is -2.22. The molecule has 2 N–H and O–H groups in total. The first-order chi connectivity index (χ1) is 14.5. The molecular formula is C20H21N4O4PS. The summed E-state index contributed by atoms with van der Waals surface area (Å²) in [7, 11) is -1.20. The third-order valence-corrected chi connectivity index (χ3v) is 7.13. The summed E-state index contributed by atoms with van der Waals surface area (Å²) in [5.74, 6) is -1.57. The van der Waals surface area contributed by atoms with E-state index < -0.39 is 19.3 Å². The molecule has 0 saturated heterocycles. The van der Waals surface area contributed by atoms with Gasteiger partial charge in [0.15, 0.2) is 10.8 Å². The van der Waals surface area contributed by atoms with Gasteiger partial charge in [0.25, 0.3) is 0 Å². The van der Waals surface area contributed by atoms with Gasteiger partial charge >= 0.3 is 7.60 Å². The number of carbonyl (C=O) groups excluding carboxylic acids is 1. The van der Waals surface area contributed by atoms with Crippen LogP contribution in [0.4, 0.5) is 10.8 Å². The number of anilines is 2. The lowest BCUT2D eigenvalue weighted by molar-refractivity contribution is -0.116. The fraction of sp³-hybridized carbons (Fsp3) is 0.150. The molecule has 0 spiro atoms. The molecule has 0 aliphatic carbocycles. The first-order valence-electron chi connectivity index (χ1n) is 8.94. The van der Waals surface area contributed by atoms with Gasteiger partial charge in [0, 0.05) is 26.0 Å². The molecular weight excluding hydrogens is 423 g/mol. The standard InChI is InChI=1S/C20H21N4O4PS/c1-27-29(26,28-2)18(22-17(25)14-13-15-9-5-3-6-10-15)19-23-24-20(30-19)21-16-11-7-4-8-12-16/h3-14,18H,1-2H3,(H,21,24)(H,22,25)/b14-13+. The second kappa shape index (κ2) is 10.3. The summed E-state index contributed by atoms with van der Waals surface area (Å²) in [4.78, 5) is 12.5. The van der Waals surface area contributed by atoms with Gasteiger partial charge in [-0.2, -0.15) is 0 Å². The molecule has 1 aromatic heterocycles. The zero-order chi connectivity index (χ0) is 21.4. The topological polar surface area (TPSA) is 102 Å². The van der Waals surface area contributed by atoms with Crippen LogP contribution < -0.4 is 10.6 Å². The molecule has 0 aliphatic rings. The predicted octanol–water partition coefficient (Wildman–Crippen LogP) is 4.60. The van der Waals surface area contributed by atoms with Crippen molar-refractivity contribution in [1.29, 1.82) is 0 Å². The van der Waals surface area contributed by atoms with Crippen molar-refractivity contribution in [1.82, 2.24) is 15.5 Å². The normalized spacial score (nSPS) is 12.6. The monoisotopic (exact) mass is 444 g/mol. The van der Waals surface area contributed by atoms with Gasteiger partial charge in [-0.25, -0.2) is 0 Å².